The van der Waals surface area contributed by atoms with Gasteiger partial charge in [-0.3, -0.25) is 4.79 Å². The van der Waals surface area contributed by atoms with Gasteiger partial charge in [-0.15, -0.1) is 0 Å². The van der Waals surface area contributed by atoms with Crippen molar-refractivity contribution in [1.29, 1.82) is 0 Å². The molecule has 2 heteroatoms. The molecule has 0 saturated carbocycles. The van der Waals surface area contributed by atoms with E-state index in [4.69, 9.17) is 0 Å². The summed E-state index contributed by atoms with van der Waals surface area (Å²) in [6.45, 7) is 11.9. The number of carbonyl (C=O) groups is 1. The first kappa shape index (κ1) is 13.6. The SMILES string of the molecule is C=C(C)[C@H]1CC[C@H](C(=C)C)N(c2ccccc2)C1=O. The van der Waals surface area contributed by atoms with Crippen LogP contribution in [0, 0.1) is 5.92 Å². The highest BCUT2D eigenvalue weighted by Gasteiger charge is 2.36. The number of carbonyl (C=O) groups excluding carboxylic acids is 1. The van der Waals surface area contributed by atoms with E-state index in [2.05, 4.69) is 13.2 Å². The van der Waals surface area contributed by atoms with E-state index in [0.717, 1.165) is 29.7 Å². The van der Waals surface area contributed by atoms with Crippen LogP contribution in [0.15, 0.2) is 54.6 Å². The van der Waals surface area contributed by atoms with Crippen molar-refractivity contribution in [3.63, 3.8) is 0 Å². The average molecular weight is 255 g/mol. The number of hydrogen-bond acceptors (Lipinski definition) is 1. The number of rotatable bonds is 3. The monoisotopic (exact) mass is 255 g/mol. The molecule has 0 unspecified atom stereocenters. The molecule has 1 amide bonds. The normalized spacial score (nSPS) is 23.3. The van der Waals surface area contributed by atoms with Gasteiger partial charge in [0.25, 0.3) is 0 Å². The molecule has 1 aliphatic heterocycles. The first-order chi connectivity index (χ1) is 9.02. The zero-order valence-corrected chi connectivity index (χ0v) is 11.7. The minimum Gasteiger partial charge on any atom is -0.305 e. The van der Waals surface area contributed by atoms with Gasteiger partial charge in [0.1, 0.15) is 0 Å². The van der Waals surface area contributed by atoms with Crippen molar-refractivity contribution in [2.24, 2.45) is 5.92 Å². The van der Waals surface area contributed by atoms with Crippen molar-refractivity contribution in [2.45, 2.75) is 32.7 Å². The fraction of sp³-hybridized carbons (Fsp3) is 0.353. The Morgan fingerprint density at radius 2 is 1.74 bits per heavy atom. The van der Waals surface area contributed by atoms with Gasteiger partial charge in [-0.1, -0.05) is 42.5 Å². The van der Waals surface area contributed by atoms with E-state index in [0.29, 0.717) is 0 Å². The maximum atomic E-state index is 12.7. The Morgan fingerprint density at radius 3 is 2.26 bits per heavy atom. The van der Waals surface area contributed by atoms with Crippen LogP contribution < -0.4 is 4.90 Å². The number of anilines is 1. The second-order valence-electron chi connectivity index (χ2n) is 5.38. The molecule has 1 aromatic carbocycles. The second kappa shape index (κ2) is 5.43. The van der Waals surface area contributed by atoms with Crippen LogP contribution in [-0.4, -0.2) is 11.9 Å². The van der Waals surface area contributed by atoms with Crippen LogP contribution in [0.3, 0.4) is 0 Å². The first-order valence-electron chi connectivity index (χ1n) is 6.71. The van der Waals surface area contributed by atoms with Gasteiger partial charge < -0.3 is 4.90 Å². The van der Waals surface area contributed by atoms with Gasteiger partial charge in [0, 0.05) is 5.69 Å². The summed E-state index contributed by atoms with van der Waals surface area (Å²) in [5.74, 6) is 0.0914. The largest absolute Gasteiger partial charge is 0.305 e. The molecule has 100 valence electrons. The number of para-hydroxylation sites is 1. The molecule has 2 rings (SSSR count). The van der Waals surface area contributed by atoms with Crippen molar-refractivity contribution < 1.29 is 4.79 Å². The molecular formula is C17H21NO. The summed E-state index contributed by atoms with van der Waals surface area (Å²) in [6.07, 6.45) is 1.82. The molecular weight excluding hydrogens is 234 g/mol. The maximum Gasteiger partial charge on any atom is 0.234 e. The van der Waals surface area contributed by atoms with E-state index in [1.807, 2.05) is 49.1 Å². The molecule has 19 heavy (non-hydrogen) atoms. The smallest absolute Gasteiger partial charge is 0.234 e. The molecule has 0 aromatic heterocycles. The lowest BCUT2D eigenvalue weighted by atomic mass is 9.85. The van der Waals surface area contributed by atoms with Crippen LogP contribution in [0.4, 0.5) is 5.69 Å². The standard InChI is InChI=1S/C17H21NO/c1-12(2)15-10-11-16(13(3)4)18(17(15)19)14-8-6-5-7-9-14/h5-9,15-16H,1,3,10-11H2,2,4H3/t15-,16-/m1/s1. The number of benzene rings is 1. The molecule has 0 aliphatic carbocycles. The summed E-state index contributed by atoms with van der Waals surface area (Å²) < 4.78 is 0. The van der Waals surface area contributed by atoms with Gasteiger partial charge in [0.05, 0.1) is 12.0 Å². The molecule has 1 aliphatic rings. The number of hydrogen-bond donors (Lipinski definition) is 0. The van der Waals surface area contributed by atoms with Gasteiger partial charge in [-0.2, -0.15) is 0 Å². The lowest BCUT2D eigenvalue weighted by Gasteiger charge is -2.40. The Hall–Kier alpha value is -1.83. The van der Waals surface area contributed by atoms with Gasteiger partial charge >= 0.3 is 0 Å². The molecule has 0 radical (unpaired) electrons. The second-order valence-corrected chi connectivity index (χ2v) is 5.38. The molecule has 0 bridgehead atoms. The zero-order chi connectivity index (χ0) is 14.0. The molecule has 0 spiro atoms. The van der Waals surface area contributed by atoms with Crippen LogP contribution in [0.5, 0.6) is 0 Å². The number of piperidine rings is 1. The van der Waals surface area contributed by atoms with Crippen LogP contribution in [0.2, 0.25) is 0 Å². The van der Waals surface area contributed by atoms with Crippen molar-refractivity contribution in [2.75, 3.05) is 4.90 Å². The van der Waals surface area contributed by atoms with Crippen molar-refractivity contribution in [3.05, 3.63) is 54.6 Å². The Kier molecular flexibility index (Phi) is 3.89. The zero-order valence-electron chi connectivity index (χ0n) is 11.7. The Morgan fingerprint density at radius 1 is 1.11 bits per heavy atom. The minimum atomic E-state index is -0.0594. The van der Waals surface area contributed by atoms with E-state index in [9.17, 15) is 4.79 Å². The average Bonchev–Trinajstić information content (AvgIpc) is 2.38. The molecule has 2 nitrogen and oxygen atoms in total. The van der Waals surface area contributed by atoms with E-state index >= 15 is 0 Å². The van der Waals surface area contributed by atoms with Gasteiger partial charge in [-0.25, -0.2) is 0 Å². The third kappa shape index (κ3) is 2.62. The van der Waals surface area contributed by atoms with Crippen molar-refractivity contribution in [3.8, 4) is 0 Å². The van der Waals surface area contributed by atoms with Crippen molar-refractivity contribution >= 4 is 11.6 Å². The highest BCUT2D eigenvalue weighted by Crippen LogP contribution is 2.34. The molecule has 0 N–H and O–H groups in total. The van der Waals surface area contributed by atoms with Gasteiger partial charge in [-0.05, 0) is 38.8 Å². The van der Waals surface area contributed by atoms with E-state index in [1.54, 1.807) is 0 Å². The van der Waals surface area contributed by atoms with Crippen LogP contribution in [0.25, 0.3) is 0 Å². The predicted molar refractivity (Wildman–Crippen MR) is 80.1 cm³/mol. The fourth-order valence-corrected chi connectivity index (χ4v) is 2.72. The highest BCUT2D eigenvalue weighted by atomic mass is 16.2. The number of amides is 1. The summed E-state index contributed by atoms with van der Waals surface area (Å²) in [4.78, 5) is 14.6. The van der Waals surface area contributed by atoms with Crippen LogP contribution >= 0.6 is 0 Å². The van der Waals surface area contributed by atoms with E-state index < -0.39 is 0 Å². The Balaban J connectivity index is 2.39. The molecule has 2 atom stereocenters. The summed E-state index contributed by atoms with van der Waals surface area (Å²) in [5.41, 5.74) is 2.94. The third-order valence-electron chi connectivity index (χ3n) is 3.77. The molecule has 1 aromatic rings. The Labute approximate surface area is 115 Å². The minimum absolute atomic E-state index is 0.0594. The topological polar surface area (TPSA) is 20.3 Å². The highest BCUT2D eigenvalue weighted by molar-refractivity contribution is 5.98. The lowest BCUT2D eigenvalue weighted by molar-refractivity contribution is -0.123. The van der Waals surface area contributed by atoms with E-state index in [1.165, 1.54) is 0 Å². The fourth-order valence-electron chi connectivity index (χ4n) is 2.72. The summed E-state index contributed by atoms with van der Waals surface area (Å²) in [7, 11) is 0. The quantitative estimate of drug-likeness (QED) is 0.749. The first-order valence-corrected chi connectivity index (χ1v) is 6.71. The predicted octanol–water partition coefficient (Wildman–Crippen LogP) is 3.95. The lowest BCUT2D eigenvalue weighted by Crippen LogP contribution is -2.48. The summed E-state index contributed by atoms with van der Waals surface area (Å²) in [5, 5.41) is 0. The van der Waals surface area contributed by atoms with Crippen LogP contribution in [-0.2, 0) is 4.79 Å². The molecule has 1 saturated heterocycles. The van der Waals surface area contributed by atoms with E-state index in [-0.39, 0.29) is 17.9 Å². The van der Waals surface area contributed by atoms with Gasteiger partial charge in [0.15, 0.2) is 0 Å². The summed E-state index contributed by atoms with van der Waals surface area (Å²) in [6, 6.07) is 9.95. The molecule has 1 fully saturated rings. The number of nitrogens with zero attached hydrogens (tertiary/aromatic N) is 1. The van der Waals surface area contributed by atoms with Gasteiger partial charge in [0.2, 0.25) is 5.91 Å². The maximum absolute atomic E-state index is 12.7. The third-order valence-corrected chi connectivity index (χ3v) is 3.77. The Bertz CT molecular complexity index is 503. The molecule has 1 heterocycles. The summed E-state index contributed by atoms with van der Waals surface area (Å²) >= 11 is 0. The van der Waals surface area contributed by atoms with Crippen molar-refractivity contribution in [1.82, 2.24) is 0 Å². The van der Waals surface area contributed by atoms with Crippen LogP contribution in [0.1, 0.15) is 26.7 Å².